The van der Waals surface area contributed by atoms with Crippen LogP contribution in [0.2, 0.25) is 0 Å². The molecule has 6 heteroatoms. The maximum absolute atomic E-state index is 12.6. The average Bonchev–Trinajstić information content (AvgIpc) is 3.23. The Balaban J connectivity index is 1.68. The van der Waals surface area contributed by atoms with Gasteiger partial charge in [0.25, 0.3) is 0 Å². The normalized spacial score (nSPS) is 10.9. The Labute approximate surface area is 149 Å². The molecule has 0 aliphatic rings. The number of aromatic nitrogens is 3. The number of fused-ring (bicyclic) bond motifs is 1. The molecule has 2 aromatic heterocycles. The van der Waals surface area contributed by atoms with Gasteiger partial charge in [-0.25, -0.2) is 9.97 Å². The van der Waals surface area contributed by atoms with Gasteiger partial charge in [-0.15, -0.1) is 11.3 Å². The number of nitrogens with one attached hydrogen (secondary N) is 1. The molecule has 0 atom stereocenters. The number of nitrogens with zero attached hydrogens (tertiary/aromatic N) is 3. The van der Waals surface area contributed by atoms with E-state index in [1.807, 2.05) is 65.4 Å². The molecule has 0 fully saturated rings. The van der Waals surface area contributed by atoms with Crippen LogP contribution in [0.15, 0.2) is 59.4 Å². The molecule has 0 saturated heterocycles. The van der Waals surface area contributed by atoms with Gasteiger partial charge in [-0.3, -0.25) is 4.79 Å². The fraction of sp³-hybridized carbons (Fsp3) is 0.105. The fourth-order valence-corrected chi connectivity index (χ4v) is 3.35. The summed E-state index contributed by atoms with van der Waals surface area (Å²) in [5.74, 6) is 0.618. The number of benzene rings is 2. The fourth-order valence-electron chi connectivity index (χ4n) is 2.82. The summed E-state index contributed by atoms with van der Waals surface area (Å²) >= 11 is 1.51. The maximum Gasteiger partial charge on any atom is 0.244 e. The van der Waals surface area contributed by atoms with Gasteiger partial charge in [0.2, 0.25) is 5.91 Å². The van der Waals surface area contributed by atoms with E-state index in [0.29, 0.717) is 5.82 Å². The maximum atomic E-state index is 12.6. The quantitative estimate of drug-likeness (QED) is 0.604. The number of amides is 1. The van der Waals surface area contributed by atoms with Crippen molar-refractivity contribution in [3.63, 3.8) is 0 Å². The molecule has 0 saturated carbocycles. The van der Waals surface area contributed by atoms with Crippen LogP contribution in [0.1, 0.15) is 5.56 Å². The van der Waals surface area contributed by atoms with Crippen LogP contribution in [-0.2, 0) is 11.3 Å². The van der Waals surface area contributed by atoms with Gasteiger partial charge >= 0.3 is 0 Å². The third kappa shape index (κ3) is 3.16. The van der Waals surface area contributed by atoms with E-state index in [4.69, 9.17) is 0 Å². The summed E-state index contributed by atoms with van der Waals surface area (Å²) in [5, 5.41) is 4.89. The zero-order valence-electron chi connectivity index (χ0n) is 13.6. The van der Waals surface area contributed by atoms with E-state index in [-0.39, 0.29) is 12.5 Å². The van der Waals surface area contributed by atoms with E-state index in [0.717, 1.165) is 28.0 Å². The van der Waals surface area contributed by atoms with Gasteiger partial charge in [0.05, 0.1) is 16.5 Å². The van der Waals surface area contributed by atoms with Crippen LogP contribution in [0.3, 0.4) is 0 Å². The Morgan fingerprint density at radius 1 is 1.20 bits per heavy atom. The summed E-state index contributed by atoms with van der Waals surface area (Å²) in [7, 11) is 0. The lowest BCUT2D eigenvalue weighted by atomic mass is 10.2. The molecule has 0 bridgehead atoms. The van der Waals surface area contributed by atoms with E-state index in [1.165, 1.54) is 11.3 Å². The Hall–Kier alpha value is -2.99. The topological polar surface area (TPSA) is 59.8 Å². The lowest BCUT2D eigenvalue weighted by Crippen LogP contribution is -2.19. The molecular formula is C19H16N4OS. The molecule has 2 heterocycles. The first-order valence-corrected chi connectivity index (χ1v) is 8.85. The average molecular weight is 348 g/mol. The molecule has 0 spiro atoms. The van der Waals surface area contributed by atoms with Crippen LogP contribution >= 0.6 is 11.3 Å². The molecule has 5 nitrogen and oxygen atoms in total. The lowest BCUT2D eigenvalue weighted by Gasteiger charge is -2.09. The minimum atomic E-state index is -0.0924. The number of carbonyl (C=O) groups is 1. The number of para-hydroxylation sites is 2. The van der Waals surface area contributed by atoms with Crippen LogP contribution < -0.4 is 5.32 Å². The Kier molecular flexibility index (Phi) is 4.03. The van der Waals surface area contributed by atoms with Gasteiger partial charge < -0.3 is 9.88 Å². The van der Waals surface area contributed by atoms with Gasteiger partial charge in [0.15, 0.2) is 5.82 Å². The molecule has 1 amide bonds. The number of thiazole rings is 1. The first-order chi connectivity index (χ1) is 12.2. The number of aryl methyl sites for hydroxylation is 1. The molecule has 124 valence electrons. The third-order valence-corrected chi connectivity index (χ3v) is 4.51. The highest BCUT2D eigenvalue weighted by Gasteiger charge is 2.16. The summed E-state index contributed by atoms with van der Waals surface area (Å²) in [6, 6.07) is 15.6. The zero-order chi connectivity index (χ0) is 17.2. The van der Waals surface area contributed by atoms with Crippen molar-refractivity contribution >= 4 is 34.0 Å². The molecule has 1 N–H and O–H groups in total. The minimum absolute atomic E-state index is 0.0924. The molecular weight excluding hydrogens is 332 g/mol. The minimum Gasteiger partial charge on any atom is -0.325 e. The van der Waals surface area contributed by atoms with Crippen molar-refractivity contribution in [1.29, 1.82) is 0 Å². The molecule has 0 radical (unpaired) electrons. The smallest absolute Gasteiger partial charge is 0.244 e. The second-order valence-corrected chi connectivity index (χ2v) is 6.52. The number of hydrogen-bond acceptors (Lipinski definition) is 4. The number of rotatable bonds is 4. The van der Waals surface area contributed by atoms with Crippen molar-refractivity contribution in [2.24, 2.45) is 0 Å². The van der Waals surface area contributed by atoms with E-state index in [1.54, 1.807) is 5.51 Å². The van der Waals surface area contributed by atoms with E-state index in [2.05, 4.69) is 15.3 Å². The van der Waals surface area contributed by atoms with Gasteiger partial charge in [-0.2, -0.15) is 0 Å². The lowest BCUT2D eigenvalue weighted by molar-refractivity contribution is -0.116. The first-order valence-electron chi connectivity index (χ1n) is 7.91. The predicted octanol–water partition coefficient (Wildman–Crippen LogP) is 4.11. The van der Waals surface area contributed by atoms with Crippen molar-refractivity contribution < 1.29 is 4.79 Å². The number of imidazole rings is 1. The van der Waals surface area contributed by atoms with Gasteiger partial charge in [0, 0.05) is 11.1 Å². The van der Waals surface area contributed by atoms with Gasteiger partial charge in [0.1, 0.15) is 12.2 Å². The van der Waals surface area contributed by atoms with Gasteiger partial charge in [-0.1, -0.05) is 24.3 Å². The second kappa shape index (κ2) is 6.49. The zero-order valence-corrected chi connectivity index (χ0v) is 14.5. The monoisotopic (exact) mass is 348 g/mol. The third-order valence-electron chi connectivity index (χ3n) is 3.92. The van der Waals surface area contributed by atoms with Gasteiger partial charge in [-0.05, 0) is 36.8 Å². The van der Waals surface area contributed by atoms with Crippen molar-refractivity contribution in [3.05, 3.63) is 65.0 Å². The first kappa shape index (κ1) is 15.5. The summed E-state index contributed by atoms with van der Waals surface area (Å²) in [4.78, 5) is 21.6. The van der Waals surface area contributed by atoms with Crippen molar-refractivity contribution in [2.75, 3.05) is 5.32 Å². The van der Waals surface area contributed by atoms with Crippen LogP contribution in [-0.4, -0.2) is 20.4 Å². The Bertz CT molecular complexity index is 1040. The largest absolute Gasteiger partial charge is 0.325 e. The van der Waals surface area contributed by atoms with Crippen LogP contribution in [0.4, 0.5) is 5.69 Å². The molecule has 4 aromatic rings. The summed E-state index contributed by atoms with van der Waals surface area (Å²) < 4.78 is 1.91. The highest BCUT2D eigenvalue weighted by atomic mass is 32.1. The van der Waals surface area contributed by atoms with E-state index in [9.17, 15) is 4.79 Å². The van der Waals surface area contributed by atoms with E-state index < -0.39 is 0 Å². The predicted molar refractivity (Wildman–Crippen MR) is 101 cm³/mol. The summed E-state index contributed by atoms with van der Waals surface area (Å²) in [6.07, 6.45) is 0. The van der Waals surface area contributed by atoms with Crippen molar-refractivity contribution in [2.45, 2.75) is 13.5 Å². The number of hydrogen-bond donors (Lipinski definition) is 1. The molecule has 0 unspecified atom stereocenters. The highest BCUT2D eigenvalue weighted by molar-refractivity contribution is 7.07. The van der Waals surface area contributed by atoms with E-state index >= 15 is 0 Å². The molecule has 0 aliphatic carbocycles. The SMILES string of the molecule is Cc1cccc(NC(=O)Cn2c(-c3cscn3)nc3ccccc32)c1. The van der Waals surface area contributed by atoms with Crippen LogP contribution in [0, 0.1) is 6.92 Å². The second-order valence-electron chi connectivity index (χ2n) is 5.80. The molecule has 2 aromatic carbocycles. The number of carbonyl (C=O) groups excluding carboxylic acids is 1. The van der Waals surface area contributed by atoms with Crippen molar-refractivity contribution in [1.82, 2.24) is 14.5 Å². The van der Waals surface area contributed by atoms with Crippen LogP contribution in [0.5, 0.6) is 0 Å². The Morgan fingerprint density at radius 2 is 2.08 bits per heavy atom. The summed E-state index contributed by atoms with van der Waals surface area (Å²) in [5.41, 5.74) is 6.23. The molecule has 25 heavy (non-hydrogen) atoms. The summed E-state index contributed by atoms with van der Waals surface area (Å²) in [6.45, 7) is 2.18. The molecule has 4 rings (SSSR count). The van der Waals surface area contributed by atoms with Crippen LogP contribution in [0.25, 0.3) is 22.6 Å². The molecule has 0 aliphatic heterocycles. The highest BCUT2D eigenvalue weighted by Crippen LogP contribution is 2.24. The number of anilines is 1. The van der Waals surface area contributed by atoms with Crippen molar-refractivity contribution in [3.8, 4) is 11.5 Å². The standard InChI is InChI=1S/C19H16N4OS/c1-13-5-4-6-14(9-13)21-18(24)10-23-17-8-3-2-7-15(17)22-19(23)16-11-25-12-20-16/h2-9,11-12H,10H2,1H3,(H,21,24). The Morgan fingerprint density at radius 3 is 2.88 bits per heavy atom.